The van der Waals surface area contributed by atoms with Crippen LogP contribution in [0.4, 0.5) is 0 Å². The standard InChI is InChI=1S/C15H13N3O/c1-3-7-13(8-4-1)11-19-15-17-16-12-18(15)14-9-5-2-6-10-14/h1-10,12H,11H2. The fourth-order valence-corrected chi connectivity index (χ4v) is 1.81. The Balaban J connectivity index is 1.78. The van der Waals surface area contributed by atoms with E-state index in [0.29, 0.717) is 12.6 Å². The SMILES string of the molecule is c1ccc(COc2nncn2-c2ccccc2)cc1. The predicted octanol–water partition coefficient (Wildman–Crippen LogP) is 2.85. The van der Waals surface area contributed by atoms with Crippen molar-refractivity contribution < 1.29 is 4.74 Å². The highest BCUT2D eigenvalue weighted by Gasteiger charge is 2.07. The van der Waals surface area contributed by atoms with Gasteiger partial charge in [0.15, 0.2) is 0 Å². The molecule has 1 aromatic heterocycles. The van der Waals surface area contributed by atoms with Gasteiger partial charge in [0, 0.05) is 0 Å². The summed E-state index contributed by atoms with van der Waals surface area (Å²) >= 11 is 0. The fraction of sp³-hybridized carbons (Fsp3) is 0.0667. The van der Waals surface area contributed by atoms with E-state index in [4.69, 9.17) is 4.74 Å². The van der Waals surface area contributed by atoms with Gasteiger partial charge in [-0.1, -0.05) is 53.6 Å². The molecule has 0 fully saturated rings. The molecule has 0 spiro atoms. The Morgan fingerprint density at radius 1 is 0.895 bits per heavy atom. The van der Waals surface area contributed by atoms with Gasteiger partial charge in [-0.3, -0.25) is 4.57 Å². The number of hydrogen-bond donors (Lipinski definition) is 0. The van der Waals surface area contributed by atoms with E-state index in [9.17, 15) is 0 Å². The normalized spacial score (nSPS) is 10.3. The van der Waals surface area contributed by atoms with E-state index < -0.39 is 0 Å². The van der Waals surface area contributed by atoms with Gasteiger partial charge < -0.3 is 4.74 Å². The van der Waals surface area contributed by atoms with Crippen molar-refractivity contribution in [1.82, 2.24) is 14.8 Å². The smallest absolute Gasteiger partial charge is 0.321 e. The third-order valence-corrected chi connectivity index (χ3v) is 2.76. The highest BCUT2D eigenvalue weighted by atomic mass is 16.5. The Hall–Kier alpha value is -2.62. The van der Waals surface area contributed by atoms with Crippen molar-refractivity contribution in [3.8, 4) is 11.7 Å². The maximum absolute atomic E-state index is 5.71. The minimum atomic E-state index is 0.479. The van der Waals surface area contributed by atoms with Crippen LogP contribution in [0.1, 0.15) is 5.56 Å². The largest absolute Gasteiger partial charge is 0.458 e. The van der Waals surface area contributed by atoms with E-state index in [2.05, 4.69) is 10.2 Å². The molecule has 4 nitrogen and oxygen atoms in total. The Kier molecular flexibility index (Phi) is 3.23. The molecule has 0 saturated heterocycles. The van der Waals surface area contributed by atoms with E-state index >= 15 is 0 Å². The first-order valence-electron chi connectivity index (χ1n) is 6.05. The van der Waals surface area contributed by atoms with Crippen LogP contribution in [0.2, 0.25) is 0 Å². The predicted molar refractivity (Wildman–Crippen MR) is 72.1 cm³/mol. The lowest BCUT2D eigenvalue weighted by Gasteiger charge is -2.07. The van der Waals surface area contributed by atoms with Gasteiger partial charge in [0.25, 0.3) is 0 Å². The molecule has 2 aromatic carbocycles. The zero-order chi connectivity index (χ0) is 12.9. The average molecular weight is 251 g/mol. The van der Waals surface area contributed by atoms with Gasteiger partial charge in [0.1, 0.15) is 12.9 Å². The van der Waals surface area contributed by atoms with Gasteiger partial charge in [0.05, 0.1) is 5.69 Å². The van der Waals surface area contributed by atoms with Crippen LogP contribution in [0.3, 0.4) is 0 Å². The Morgan fingerprint density at radius 3 is 2.32 bits per heavy atom. The Labute approximate surface area is 111 Å². The first-order valence-corrected chi connectivity index (χ1v) is 6.05. The van der Waals surface area contributed by atoms with Gasteiger partial charge in [0.2, 0.25) is 0 Å². The van der Waals surface area contributed by atoms with Gasteiger partial charge in [-0.15, -0.1) is 5.10 Å². The molecule has 0 amide bonds. The summed E-state index contributed by atoms with van der Waals surface area (Å²) in [6, 6.07) is 20.4. The second-order valence-corrected chi connectivity index (χ2v) is 4.09. The molecule has 0 aliphatic heterocycles. The summed E-state index contributed by atoms with van der Waals surface area (Å²) in [5, 5.41) is 7.90. The molecule has 0 radical (unpaired) electrons. The van der Waals surface area contributed by atoms with Crippen molar-refractivity contribution in [1.29, 1.82) is 0 Å². The van der Waals surface area contributed by atoms with Crippen molar-refractivity contribution in [2.24, 2.45) is 0 Å². The summed E-state index contributed by atoms with van der Waals surface area (Å²) in [5.41, 5.74) is 2.08. The van der Waals surface area contributed by atoms with Crippen LogP contribution in [0.15, 0.2) is 67.0 Å². The number of rotatable bonds is 4. The van der Waals surface area contributed by atoms with Crippen LogP contribution in [-0.4, -0.2) is 14.8 Å². The molecule has 3 rings (SSSR count). The van der Waals surface area contributed by atoms with E-state index in [1.807, 2.05) is 65.2 Å². The van der Waals surface area contributed by atoms with Crippen molar-refractivity contribution in [3.05, 3.63) is 72.6 Å². The number of benzene rings is 2. The van der Waals surface area contributed by atoms with E-state index in [1.54, 1.807) is 6.33 Å². The number of para-hydroxylation sites is 1. The Morgan fingerprint density at radius 2 is 1.58 bits per heavy atom. The summed E-state index contributed by atoms with van der Waals surface area (Å²) in [6.45, 7) is 0.479. The molecule has 0 aliphatic rings. The zero-order valence-electron chi connectivity index (χ0n) is 10.3. The highest BCUT2D eigenvalue weighted by Crippen LogP contribution is 2.15. The van der Waals surface area contributed by atoms with Crippen molar-refractivity contribution in [2.75, 3.05) is 0 Å². The highest BCUT2D eigenvalue weighted by molar-refractivity contribution is 5.33. The molecular weight excluding hydrogens is 238 g/mol. The van der Waals surface area contributed by atoms with Crippen LogP contribution in [0, 0.1) is 0 Å². The fourth-order valence-electron chi connectivity index (χ4n) is 1.81. The van der Waals surface area contributed by atoms with Crippen molar-refractivity contribution >= 4 is 0 Å². The third kappa shape index (κ3) is 2.63. The van der Waals surface area contributed by atoms with Crippen molar-refractivity contribution in [3.63, 3.8) is 0 Å². The number of hydrogen-bond acceptors (Lipinski definition) is 3. The van der Waals surface area contributed by atoms with Crippen LogP contribution in [0.25, 0.3) is 5.69 Å². The minimum absolute atomic E-state index is 0.479. The maximum atomic E-state index is 5.71. The number of ether oxygens (including phenoxy) is 1. The molecule has 0 unspecified atom stereocenters. The molecule has 3 aromatic rings. The molecule has 4 heteroatoms. The molecule has 0 atom stereocenters. The van der Waals surface area contributed by atoms with Crippen LogP contribution < -0.4 is 4.74 Å². The first kappa shape index (κ1) is 11.5. The average Bonchev–Trinajstić information content (AvgIpc) is 2.95. The summed E-state index contributed by atoms with van der Waals surface area (Å²) < 4.78 is 7.53. The molecule has 0 aliphatic carbocycles. The quantitative estimate of drug-likeness (QED) is 0.715. The molecule has 0 bridgehead atoms. The lowest BCUT2D eigenvalue weighted by Crippen LogP contribution is -2.02. The van der Waals surface area contributed by atoms with Crippen LogP contribution in [0.5, 0.6) is 6.01 Å². The molecule has 0 saturated carbocycles. The second kappa shape index (κ2) is 5.35. The molecule has 0 N–H and O–H groups in total. The topological polar surface area (TPSA) is 39.9 Å². The Bertz CT molecular complexity index is 635. The lowest BCUT2D eigenvalue weighted by molar-refractivity contribution is 0.275. The summed E-state index contributed by atoms with van der Waals surface area (Å²) in [7, 11) is 0. The molecular formula is C15H13N3O. The third-order valence-electron chi connectivity index (χ3n) is 2.76. The molecule has 19 heavy (non-hydrogen) atoms. The summed E-state index contributed by atoms with van der Waals surface area (Å²) in [5.74, 6) is 0. The monoisotopic (exact) mass is 251 g/mol. The van der Waals surface area contributed by atoms with E-state index in [1.165, 1.54) is 0 Å². The van der Waals surface area contributed by atoms with E-state index in [0.717, 1.165) is 11.3 Å². The molecule has 1 heterocycles. The lowest BCUT2D eigenvalue weighted by atomic mass is 10.2. The van der Waals surface area contributed by atoms with Gasteiger partial charge in [-0.25, -0.2) is 0 Å². The van der Waals surface area contributed by atoms with Gasteiger partial charge in [-0.2, -0.15) is 0 Å². The van der Waals surface area contributed by atoms with Gasteiger partial charge in [-0.05, 0) is 17.7 Å². The number of nitrogens with zero attached hydrogens (tertiary/aromatic N) is 3. The summed E-state index contributed by atoms with van der Waals surface area (Å²) in [4.78, 5) is 0. The minimum Gasteiger partial charge on any atom is -0.458 e. The first-order chi connectivity index (χ1) is 9.43. The number of aromatic nitrogens is 3. The van der Waals surface area contributed by atoms with Gasteiger partial charge >= 0.3 is 6.01 Å². The zero-order valence-corrected chi connectivity index (χ0v) is 10.3. The van der Waals surface area contributed by atoms with Crippen LogP contribution in [-0.2, 0) is 6.61 Å². The van der Waals surface area contributed by atoms with E-state index in [-0.39, 0.29) is 0 Å². The maximum Gasteiger partial charge on any atom is 0.321 e. The second-order valence-electron chi connectivity index (χ2n) is 4.09. The van der Waals surface area contributed by atoms with Crippen molar-refractivity contribution in [2.45, 2.75) is 6.61 Å². The summed E-state index contributed by atoms with van der Waals surface area (Å²) in [6.07, 6.45) is 1.65. The van der Waals surface area contributed by atoms with Crippen LogP contribution >= 0.6 is 0 Å². The molecule has 94 valence electrons.